The lowest BCUT2D eigenvalue weighted by molar-refractivity contribution is 0.691. The second kappa shape index (κ2) is 5.02. The van der Waals surface area contributed by atoms with E-state index in [1.807, 2.05) is 0 Å². The molecule has 3 aromatic carbocycles. The highest BCUT2D eigenvalue weighted by molar-refractivity contribution is 6.07. The van der Waals surface area contributed by atoms with E-state index in [2.05, 4.69) is 61.5 Å². The number of nitrogens with two attached hydrogens (primary N) is 1. The summed E-state index contributed by atoms with van der Waals surface area (Å²) in [6, 6.07) is 19.8. The maximum absolute atomic E-state index is 5.65. The normalized spacial score (nSPS) is 12.9. The third-order valence-electron chi connectivity index (χ3n) is 3.94. The van der Waals surface area contributed by atoms with Gasteiger partial charge in [-0.1, -0.05) is 61.5 Å². The van der Waals surface area contributed by atoms with E-state index in [9.17, 15) is 0 Å². The van der Waals surface area contributed by atoms with Gasteiger partial charge in [0, 0.05) is 0 Å². The van der Waals surface area contributed by atoms with E-state index in [1.54, 1.807) is 0 Å². The fourth-order valence-corrected chi connectivity index (χ4v) is 2.75. The Labute approximate surface area is 114 Å². The van der Waals surface area contributed by atoms with E-state index in [0.29, 0.717) is 5.92 Å². The predicted molar refractivity (Wildman–Crippen MR) is 83.5 cm³/mol. The molecular formula is C18H19N. The first-order valence-electron chi connectivity index (χ1n) is 6.91. The zero-order chi connectivity index (χ0) is 13.2. The van der Waals surface area contributed by atoms with Crippen molar-refractivity contribution in [2.45, 2.75) is 19.3 Å². The topological polar surface area (TPSA) is 26.0 Å². The molecule has 0 bridgehead atoms. The Morgan fingerprint density at radius 1 is 0.895 bits per heavy atom. The van der Waals surface area contributed by atoms with Crippen molar-refractivity contribution >= 4 is 21.5 Å². The molecule has 0 aliphatic carbocycles. The van der Waals surface area contributed by atoms with Gasteiger partial charge in [0.25, 0.3) is 0 Å². The van der Waals surface area contributed by atoms with Crippen molar-refractivity contribution in [2.75, 3.05) is 6.54 Å². The highest BCUT2D eigenvalue weighted by Crippen LogP contribution is 2.28. The van der Waals surface area contributed by atoms with Crippen molar-refractivity contribution in [3.8, 4) is 0 Å². The van der Waals surface area contributed by atoms with Crippen molar-refractivity contribution in [3.63, 3.8) is 0 Å². The Bertz CT molecular complexity index is 715. The lowest BCUT2D eigenvalue weighted by Gasteiger charge is -2.12. The SMILES string of the molecule is CC(CCN)c1ccc2c(ccc3ccccc32)c1. The molecule has 3 rings (SSSR count). The lowest BCUT2D eigenvalue weighted by Crippen LogP contribution is -2.04. The maximum atomic E-state index is 5.65. The number of hydrogen-bond donors (Lipinski definition) is 1. The summed E-state index contributed by atoms with van der Waals surface area (Å²) >= 11 is 0. The molecule has 19 heavy (non-hydrogen) atoms. The lowest BCUT2D eigenvalue weighted by atomic mass is 9.93. The summed E-state index contributed by atoms with van der Waals surface area (Å²) in [5.74, 6) is 0.529. The molecule has 96 valence electrons. The van der Waals surface area contributed by atoms with Crippen LogP contribution < -0.4 is 5.73 Å². The van der Waals surface area contributed by atoms with E-state index >= 15 is 0 Å². The number of benzene rings is 3. The first kappa shape index (κ1) is 12.2. The van der Waals surface area contributed by atoms with Crippen molar-refractivity contribution < 1.29 is 0 Å². The predicted octanol–water partition coefficient (Wildman–Crippen LogP) is 4.45. The van der Waals surface area contributed by atoms with Gasteiger partial charge in [0.1, 0.15) is 0 Å². The van der Waals surface area contributed by atoms with Crippen LogP contribution in [-0.2, 0) is 0 Å². The van der Waals surface area contributed by atoms with Gasteiger partial charge >= 0.3 is 0 Å². The average Bonchev–Trinajstić information content (AvgIpc) is 2.46. The molecule has 1 atom stereocenters. The summed E-state index contributed by atoms with van der Waals surface area (Å²) in [4.78, 5) is 0. The minimum absolute atomic E-state index is 0.529. The zero-order valence-corrected chi connectivity index (χ0v) is 11.3. The van der Waals surface area contributed by atoms with E-state index in [4.69, 9.17) is 5.73 Å². The van der Waals surface area contributed by atoms with E-state index < -0.39 is 0 Å². The molecule has 2 N–H and O–H groups in total. The van der Waals surface area contributed by atoms with Crippen LogP contribution in [0.2, 0.25) is 0 Å². The highest BCUT2D eigenvalue weighted by atomic mass is 14.5. The van der Waals surface area contributed by atoms with Gasteiger partial charge in [-0.2, -0.15) is 0 Å². The van der Waals surface area contributed by atoms with E-state index in [-0.39, 0.29) is 0 Å². The Kier molecular flexibility index (Phi) is 3.22. The first-order chi connectivity index (χ1) is 9.29. The molecular weight excluding hydrogens is 230 g/mol. The van der Waals surface area contributed by atoms with Crippen LogP contribution in [0.25, 0.3) is 21.5 Å². The molecule has 0 spiro atoms. The molecule has 0 aromatic heterocycles. The van der Waals surface area contributed by atoms with Crippen LogP contribution in [0.1, 0.15) is 24.8 Å². The minimum atomic E-state index is 0.529. The Morgan fingerprint density at radius 3 is 2.47 bits per heavy atom. The quantitative estimate of drug-likeness (QED) is 0.682. The van der Waals surface area contributed by atoms with Gasteiger partial charge < -0.3 is 5.73 Å². The Balaban J connectivity index is 2.17. The van der Waals surface area contributed by atoms with Gasteiger partial charge in [-0.25, -0.2) is 0 Å². The Hall–Kier alpha value is -1.86. The molecule has 0 fully saturated rings. The van der Waals surface area contributed by atoms with Crippen LogP contribution in [0.5, 0.6) is 0 Å². The summed E-state index contributed by atoms with van der Waals surface area (Å²) in [5.41, 5.74) is 7.04. The van der Waals surface area contributed by atoms with Gasteiger partial charge in [0.05, 0.1) is 0 Å². The van der Waals surface area contributed by atoms with Gasteiger partial charge in [0.15, 0.2) is 0 Å². The second-order valence-electron chi connectivity index (χ2n) is 5.25. The zero-order valence-electron chi connectivity index (χ0n) is 11.3. The molecule has 0 aliphatic rings. The minimum Gasteiger partial charge on any atom is -0.330 e. The molecule has 0 aliphatic heterocycles. The number of rotatable bonds is 3. The van der Waals surface area contributed by atoms with Crippen molar-refractivity contribution in [1.82, 2.24) is 0 Å². The third-order valence-corrected chi connectivity index (χ3v) is 3.94. The summed E-state index contributed by atoms with van der Waals surface area (Å²) in [6.07, 6.45) is 1.04. The molecule has 1 heteroatoms. The number of fused-ring (bicyclic) bond motifs is 3. The molecule has 1 unspecified atom stereocenters. The summed E-state index contributed by atoms with van der Waals surface area (Å²) in [7, 11) is 0. The molecule has 1 nitrogen and oxygen atoms in total. The van der Waals surface area contributed by atoms with E-state index in [1.165, 1.54) is 27.1 Å². The third kappa shape index (κ3) is 2.22. The van der Waals surface area contributed by atoms with Crippen LogP contribution in [0.15, 0.2) is 54.6 Å². The smallest absolute Gasteiger partial charge is 0.00715 e. The maximum Gasteiger partial charge on any atom is -0.00715 e. The molecule has 3 aromatic rings. The summed E-state index contributed by atoms with van der Waals surface area (Å²) < 4.78 is 0. The van der Waals surface area contributed by atoms with Crippen molar-refractivity contribution in [3.05, 3.63) is 60.2 Å². The number of hydrogen-bond acceptors (Lipinski definition) is 1. The second-order valence-corrected chi connectivity index (χ2v) is 5.25. The first-order valence-corrected chi connectivity index (χ1v) is 6.91. The molecule has 0 heterocycles. The molecule has 0 radical (unpaired) electrons. The van der Waals surface area contributed by atoms with Crippen LogP contribution in [0.3, 0.4) is 0 Å². The highest BCUT2D eigenvalue weighted by Gasteiger charge is 2.06. The van der Waals surface area contributed by atoms with Gasteiger partial charge in [-0.15, -0.1) is 0 Å². The summed E-state index contributed by atoms with van der Waals surface area (Å²) in [6.45, 7) is 2.99. The Morgan fingerprint density at radius 2 is 1.63 bits per heavy atom. The van der Waals surface area contributed by atoms with E-state index in [0.717, 1.165) is 13.0 Å². The monoisotopic (exact) mass is 249 g/mol. The fraction of sp³-hybridized carbons (Fsp3) is 0.222. The van der Waals surface area contributed by atoms with Crippen molar-refractivity contribution in [1.29, 1.82) is 0 Å². The van der Waals surface area contributed by atoms with Gasteiger partial charge in [-0.3, -0.25) is 0 Å². The molecule has 0 saturated carbocycles. The standard InChI is InChI=1S/C18H19N/c1-13(10-11-19)15-8-9-18-16(12-15)7-6-14-4-2-3-5-17(14)18/h2-9,12-13H,10-11,19H2,1H3. The largest absolute Gasteiger partial charge is 0.330 e. The average molecular weight is 249 g/mol. The fourth-order valence-electron chi connectivity index (χ4n) is 2.75. The van der Waals surface area contributed by atoms with Crippen LogP contribution in [0.4, 0.5) is 0 Å². The van der Waals surface area contributed by atoms with Crippen LogP contribution in [-0.4, -0.2) is 6.54 Å². The van der Waals surface area contributed by atoms with Crippen molar-refractivity contribution in [2.24, 2.45) is 5.73 Å². The molecule has 0 saturated heterocycles. The molecule has 0 amide bonds. The summed E-state index contributed by atoms with van der Waals surface area (Å²) in [5, 5.41) is 5.29. The van der Waals surface area contributed by atoms with Gasteiger partial charge in [0.2, 0.25) is 0 Å². The van der Waals surface area contributed by atoms with Crippen LogP contribution in [0, 0.1) is 0 Å². The van der Waals surface area contributed by atoms with Crippen LogP contribution >= 0.6 is 0 Å². The van der Waals surface area contributed by atoms with Gasteiger partial charge in [-0.05, 0) is 46.0 Å².